The summed E-state index contributed by atoms with van der Waals surface area (Å²) in [6, 6.07) is 3.38. The third-order valence-electron chi connectivity index (χ3n) is 1.83. The molecule has 0 amide bonds. The van der Waals surface area contributed by atoms with Crippen LogP contribution in [0.5, 0.6) is 0 Å². The molecule has 4 nitrogen and oxygen atoms in total. The van der Waals surface area contributed by atoms with Gasteiger partial charge in [-0.25, -0.2) is 0 Å². The quantitative estimate of drug-likeness (QED) is 0.560. The van der Waals surface area contributed by atoms with Crippen molar-refractivity contribution in [2.24, 2.45) is 0 Å². The van der Waals surface area contributed by atoms with E-state index < -0.39 is 0 Å². The maximum atomic E-state index is 11.0. The Morgan fingerprint density at radius 2 is 2.31 bits per heavy atom. The smallest absolute Gasteiger partial charge is 0.309 e. The Kier molecular flexibility index (Phi) is 4.92. The number of aromatic nitrogens is 1. The van der Waals surface area contributed by atoms with Crippen LogP contribution in [0.4, 0.5) is 0 Å². The molecular formula is C12H13NO3. The number of ether oxygens (including phenoxy) is 1. The van der Waals surface area contributed by atoms with E-state index >= 15 is 0 Å². The normalized spacial score (nSPS) is 10.3. The van der Waals surface area contributed by atoms with Gasteiger partial charge in [-0.05, 0) is 18.6 Å². The highest BCUT2D eigenvalue weighted by Crippen LogP contribution is 2.02. The van der Waals surface area contributed by atoms with Gasteiger partial charge in [0.25, 0.3) is 0 Å². The zero-order chi connectivity index (χ0) is 11.8. The molecule has 0 saturated carbocycles. The van der Waals surface area contributed by atoms with Gasteiger partial charge < -0.3 is 4.74 Å². The average Bonchev–Trinajstić information content (AvgIpc) is 2.30. The predicted molar refractivity (Wildman–Crippen MR) is 59.9 cm³/mol. The van der Waals surface area contributed by atoms with Crippen LogP contribution in [0.3, 0.4) is 0 Å². The van der Waals surface area contributed by atoms with Crippen LogP contribution in [0.25, 0.3) is 6.08 Å². The first-order valence-electron chi connectivity index (χ1n) is 4.99. The van der Waals surface area contributed by atoms with Crippen LogP contribution < -0.4 is 0 Å². The summed E-state index contributed by atoms with van der Waals surface area (Å²) in [6.45, 7) is 2.16. The second kappa shape index (κ2) is 6.50. The summed E-state index contributed by atoms with van der Waals surface area (Å²) in [7, 11) is 0. The highest BCUT2D eigenvalue weighted by Gasteiger charge is 1.96. The lowest BCUT2D eigenvalue weighted by molar-refractivity contribution is -0.142. The maximum absolute atomic E-state index is 11.0. The molecule has 0 atom stereocenters. The first-order valence-corrected chi connectivity index (χ1v) is 4.99. The molecule has 0 spiro atoms. The van der Waals surface area contributed by atoms with Crippen LogP contribution in [0.15, 0.2) is 24.4 Å². The van der Waals surface area contributed by atoms with E-state index in [4.69, 9.17) is 4.74 Å². The first-order chi connectivity index (χ1) is 7.76. The van der Waals surface area contributed by atoms with E-state index in [0.717, 1.165) is 5.56 Å². The number of esters is 1. The van der Waals surface area contributed by atoms with Gasteiger partial charge >= 0.3 is 5.97 Å². The summed E-state index contributed by atoms with van der Waals surface area (Å²) >= 11 is 0. The van der Waals surface area contributed by atoms with Crippen molar-refractivity contribution in [1.82, 2.24) is 4.98 Å². The van der Waals surface area contributed by atoms with Gasteiger partial charge in [0, 0.05) is 6.20 Å². The number of aldehydes is 1. The molecule has 0 aliphatic heterocycles. The van der Waals surface area contributed by atoms with Crippen LogP contribution in [0.1, 0.15) is 29.4 Å². The highest BCUT2D eigenvalue weighted by molar-refractivity contribution is 5.73. The monoisotopic (exact) mass is 219 g/mol. The number of pyridine rings is 1. The fourth-order valence-electron chi connectivity index (χ4n) is 1.10. The first kappa shape index (κ1) is 12.1. The van der Waals surface area contributed by atoms with E-state index in [1.54, 1.807) is 37.4 Å². The summed E-state index contributed by atoms with van der Waals surface area (Å²) in [5.41, 5.74) is 1.23. The number of carbonyl (C=O) groups is 2. The van der Waals surface area contributed by atoms with Gasteiger partial charge in [0.15, 0.2) is 6.29 Å². The molecule has 0 unspecified atom stereocenters. The number of nitrogens with zero attached hydrogens (tertiary/aromatic N) is 1. The molecular weight excluding hydrogens is 206 g/mol. The van der Waals surface area contributed by atoms with E-state index in [0.29, 0.717) is 18.6 Å². The topological polar surface area (TPSA) is 56.3 Å². The Morgan fingerprint density at radius 1 is 1.50 bits per heavy atom. The fourth-order valence-corrected chi connectivity index (χ4v) is 1.10. The molecule has 0 aliphatic carbocycles. The third kappa shape index (κ3) is 4.04. The molecule has 0 aromatic carbocycles. The lowest BCUT2D eigenvalue weighted by atomic mass is 10.2. The number of hydrogen-bond acceptors (Lipinski definition) is 4. The lowest BCUT2D eigenvalue weighted by Crippen LogP contribution is -2.01. The molecule has 0 N–H and O–H groups in total. The van der Waals surface area contributed by atoms with Crippen LogP contribution >= 0.6 is 0 Å². The molecule has 0 saturated heterocycles. The third-order valence-corrected chi connectivity index (χ3v) is 1.83. The Hall–Kier alpha value is -1.97. The minimum absolute atomic E-state index is 0.239. The fraction of sp³-hybridized carbons (Fsp3) is 0.250. The van der Waals surface area contributed by atoms with Crippen LogP contribution in [0, 0.1) is 0 Å². The molecule has 1 rings (SSSR count). The molecule has 4 heteroatoms. The van der Waals surface area contributed by atoms with Crippen LogP contribution in [-0.2, 0) is 9.53 Å². The molecule has 1 heterocycles. The van der Waals surface area contributed by atoms with Crippen LogP contribution in [0.2, 0.25) is 0 Å². The van der Waals surface area contributed by atoms with Crippen molar-refractivity contribution in [1.29, 1.82) is 0 Å². The van der Waals surface area contributed by atoms with Crippen molar-refractivity contribution in [2.45, 2.75) is 13.3 Å². The number of hydrogen-bond donors (Lipinski definition) is 0. The average molecular weight is 219 g/mol. The number of carbonyl (C=O) groups excluding carboxylic acids is 2. The number of rotatable bonds is 5. The Balaban J connectivity index is 2.49. The van der Waals surface area contributed by atoms with E-state index in [2.05, 4.69) is 4.98 Å². The van der Waals surface area contributed by atoms with Crippen molar-refractivity contribution < 1.29 is 14.3 Å². The molecule has 0 bridgehead atoms. The summed E-state index contributed by atoms with van der Waals surface area (Å²) in [4.78, 5) is 25.2. The Morgan fingerprint density at radius 3 is 2.88 bits per heavy atom. The molecule has 0 aliphatic rings. The van der Waals surface area contributed by atoms with Gasteiger partial charge in [-0.2, -0.15) is 0 Å². The Labute approximate surface area is 94.0 Å². The van der Waals surface area contributed by atoms with Crippen molar-refractivity contribution in [2.75, 3.05) is 6.61 Å². The SMILES string of the molecule is CCOC(=O)CC=Cc1ccc(C=O)nc1. The van der Waals surface area contributed by atoms with Crippen molar-refractivity contribution in [3.63, 3.8) is 0 Å². The molecule has 1 aromatic heterocycles. The van der Waals surface area contributed by atoms with E-state index in [1.165, 1.54) is 0 Å². The molecule has 84 valence electrons. The minimum atomic E-state index is -0.253. The molecule has 1 aromatic rings. The van der Waals surface area contributed by atoms with Gasteiger partial charge in [0.2, 0.25) is 0 Å². The second-order valence-electron chi connectivity index (χ2n) is 3.05. The summed E-state index contributed by atoms with van der Waals surface area (Å²) in [6.07, 6.45) is 5.97. The van der Waals surface area contributed by atoms with Crippen LogP contribution in [-0.4, -0.2) is 23.8 Å². The minimum Gasteiger partial charge on any atom is -0.466 e. The second-order valence-corrected chi connectivity index (χ2v) is 3.05. The Bertz CT molecular complexity index is 382. The van der Waals surface area contributed by atoms with E-state index in [-0.39, 0.29) is 12.4 Å². The molecule has 0 fully saturated rings. The van der Waals surface area contributed by atoms with Crippen molar-refractivity contribution in [3.8, 4) is 0 Å². The summed E-state index contributed by atoms with van der Waals surface area (Å²) in [5.74, 6) is -0.253. The van der Waals surface area contributed by atoms with Crippen molar-refractivity contribution >= 4 is 18.3 Å². The predicted octanol–water partition coefficient (Wildman–Crippen LogP) is 1.86. The summed E-state index contributed by atoms with van der Waals surface area (Å²) in [5, 5.41) is 0. The zero-order valence-corrected chi connectivity index (χ0v) is 9.05. The van der Waals surface area contributed by atoms with E-state index in [1.807, 2.05) is 0 Å². The molecule has 16 heavy (non-hydrogen) atoms. The molecule has 0 radical (unpaired) electrons. The van der Waals surface area contributed by atoms with Gasteiger partial charge in [-0.3, -0.25) is 14.6 Å². The largest absolute Gasteiger partial charge is 0.466 e. The maximum Gasteiger partial charge on any atom is 0.309 e. The van der Waals surface area contributed by atoms with Gasteiger partial charge in [0.1, 0.15) is 5.69 Å². The lowest BCUT2D eigenvalue weighted by Gasteiger charge is -1.97. The van der Waals surface area contributed by atoms with E-state index in [9.17, 15) is 9.59 Å². The van der Waals surface area contributed by atoms with Crippen molar-refractivity contribution in [3.05, 3.63) is 35.7 Å². The standard InChI is InChI=1S/C12H13NO3/c1-2-16-12(15)5-3-4-10-6-7-11(9-14)13-8-10/h3-4,6-9H,2,5H2,1H3. The van der Waals surface area contributed by atoms with Gasteiger partial charge in [-0.15, -0.1) is 0 Å². The highest BCUT2D eigenvalue weighted by atomic mass is 16.5. The zero-order valence-electron chi connectivity index (χ0n) is 9.05. The van der Waals surface area contributed by atoms with Gasteiger partial charge in [-0.1, -0.05) is 18.2 Å². The van der Waals surface area contributed by atoms with Gasteiger partial charge in [0.05, 0.1) is 13.0 Å². The summed E-state index contributed by atoms with van der Waals surface area (Å²) < 4.78 is 4.76.